The van der Waals surface area contributed by atoms with Crippen molar-refractivity contribution >= 4 is 22.5 Å². The number of hydrogen-bond donors (Lipinski definition) is 2. The van der Waals surface area contributed by atoms with E-state index in [9.17, 15) is 0 Å². The van der Waals surface area contributed by atoms with Crippen LogP contribution >= 0.6 is 11.6 Å². The second-order valence-corrected chi connectivity index (χ2v) is 5.00. The summed E-state index contributed by atoms with van der Waals surface area (Å²) in [6, 6.07) is 8.04. The van der Waals surface area contributed by atoms with Gasteiger partial charge in [-0.25, -0.2) is 0 Å². The lowest BCUT2D eigenvalue weighted by Crippen LogP contribution is -2.24. The second-order valence-electron chi connectivity index (χ2n) is 4.57. The Morgan fingerprint density at radius 3 is 2.87 bits per heavy atom. The molecule has 1 aliphatic carbocycles. The standard InChI is InChI=1S/C12H13ClN2/c13-9-1-2-11-8(5-9)6-10(15-11)7-12(14)3-4-12/h1-2,5-6,15H,3-4,7,14H2. The topological polar surface area (TPSA) is 41.8 Å². The molecule has 15 heavy (non-hydrogen) atoms. The highest BCUT2D eigenvalue weighted by Gasteiger charge is 2.38. The molecule has 0 saturated heterocycles. The van der Waals surface area contributed by atoms with E-state index in [1.54, 1.807) is 0 Å². The lowest BCUT2D eigenvalue weighted by molar-refractivity contribution is 0.663. The fraction of sp³-hybridized carbons (Fsp3) is 0.333. The van der Waals surface area contributed by atoms with Crippen LogP contribution in [-0.4, -0.2) is 10.5 Å². The van der Waals surface area contributed by atoms with Crippen molar-refractivity contribution in [2.24, 2.45) is 5.73 Å². The van der Waals surface area contributed by atoms with Crippen LogP contribution in [0.3, 0.4) is 0 Å². The van der Waals surface area contributed by atoms with Gasteiger partial charge in [0.2, 0.25) is 0 Å². The summed E-state index contributed by atoms with van der Waals surface area (Å²) >= 11 is 5.93. The fourth-order valence-corrected chi connectivity index (χ4v) is 2.16. The molecule has 0 spiro atoms. The zero-order valence-electron chi connectivity index (χ0n) is 8.39. The highest BCUT2D eigenvalue weighted by molar-refractivity contribution is 6.31. The van der Waals surface area contributed by atoms with Gasteiger partial charge in [-0.2, -0.15) is 0 Å². The number of nitrogens with two attached hydrogens (primary N) is 1. The highest BCUT2D eigenvalue weighted by atomic mass is 35.5. The molecule has 0 aliphatic heterocycles. The summed E-state index contributed by atoms with van der Waals surface area (Å²) in [5.41, 5.74) is 8.50. The number of aromatic nitrogens is 1. The van der Waals surface area contributed by atoms with Crippen molar-refractivity contribution in [3.05, 3.63) is 35.0 Å². The molecule has 0 unspecified atom stereocenters. The van der Waals surface area contributed by atoms with Crippen LogP contribution in [0, 0.1) is 0 Å². The predicted octanol–water partition coefficient (Wildman–Crippen LogP) is 2.86. The molecule has 0 radical (unpaired) electrons. The largest absolute Gasteiger partial charge is 0.358 e. The molecule has 2 aromatic rings. The van der Waals surface area contributed by atoms with Gasteiger partial charge in [0.05, 0.1) is 0 Å². The molecule has 0 bridgehead atoms. The van der Waals surface area contributed by atoms with Gasteiger partial charge in [0, 0.05) is 33.6 Å². The number of halogens is 1. The number of aromatic amines is 1. The summed E-state index contributed by atoms with van der Waals surface area (Å²) in [6.45, 7) is 0. The van der Waals surface area contributed by atoms with Crippen LogP contribution in [0.2, 0.25) is 5.02 Å². The lowest BCUT2D eigenvalue weighted by atomic mass is 10.1. The Labute approximate surface area is 93.4 Å². The number of benzene rings is 1. The monoisotopic (exact) mass is 220 g/mol. The fourth-order valence-electron chi connectivity index (χ4n) is 1.98. The molecule has 1 aromatic heterocycles. The van der Waals surface area contributed by atoms with Crippen LogP contribution < -0.4 is 5.73 Å². The molecular formula is C12H13ClN2. The van der Waals surface area contributed by atoms with Gasteiger partial charge in [-0.15, -0.1) is 0 Å². The average Bonchev–Trinajstić information content (AvgIpc) is 2.76. The molecular weight excluding hydrogens is 208 g/mol. The van der Waals surface area contributed by atoms with Crippen molar-refractivity contribution < 1.29 is 0 Å². The van der Waals surface area contributed by atoms with Crippen LogP contribution in [0.15, 0.2) is 24.3 Å². The summed E-state index contributed by atoms with van der Waals surface area (Å²) in [4.78, 5) is 3.38. The molecule has 78 valence electrons. The van der Waals surface area contributed by atoms with E-state index >= 15 is 0 Å². The third kappa shape index (κ3) is 1.75. The maximum atomic E-state index is 6.08. The van der Waals surface area contributed by atoms with Crippen molar-refractivity contribution in [3.63, 3.8) is 0 Å². The molecule has 0 atom stereocenters. The van der Waals surface area contributed by atoms with Gasteiger partial charge >= 0.3 is 0 Å². The first-order chi connectivity index (χ1) is 7.15. The minimum Gasteiger partial charge on any atom is -0.358 e. The van der Waals surface area contributed by atoms with Crippen LogP contribution in [0.4, 0.5) is 0 Å². The third-order valence-corrected chi connectivity index (χ3v) is 3.31. The van der Waals surface area contributed by atoms with Crippen molar-refractivity contribution in [1.29, 1.82) is 0 Å². The zero-order chi connectivity index (χ0) is 10.5. The molecule has 1 fully saturated rings. The summed E-state index contributed by atoms with van der Waals surface area (Å²) in [5, 5.41) is 1.95. The van der Waals surface area contributed by atoms with Gasteiger partial charge in [0.15, 0.2) is 0 Å². The Morgan fingerprint density at radius 2 is 2.13 bits per heavy atom. The molecule has 1 aliphatic rings. The first kappa shape index (κ1) is 9.25. The summed E-state index contributed by atoms with van der Waals surface area (Å²) in [6.07, 6.45) is 3.23. The van der Waals surface area contributed by atoms with E-state index in [1.165, 1.54) is 11.1 Å². The van der Waals surface area contributed by atoms with Gasteiger partial charge in [-0.3, -0.25) is 0 Å². The Kier molecular flexibility index (Phi) is 1.85. The minimum absolute atomic E-state index is 0.0602. The Bertz CT molecular complexity index is 511. The first-order valence-corrected chi connectivity index (χ1v) is 5.59. The van der Waals surface area contributed by atoms with E-state index in [0.717, 1.165) is 29.8 Å². The molecule has 2 nitrogen and oxygen atoms in total. The van der Waals surface area contributed by atoms with Gasteiger partial charge in [0.25, 0.3) is 0 Å². The van der Waals surface area contributed by atoms with Crippen LogP contribution in [0.5, 0.6) is 0 Å². The van der Waals surface area contributed by atoms with Crippen LogP contribution in [0.25, 0.3) is 10.9 Å². The number of hydrogen-bond acceptors (Lipinski definition) is 1. The van der Waals surface area contributed by atoms with Gasteiger partial charge in [0.1, 0.15) is 0 Å². The van der Waals surface area contributed by atoms with Crippen LogP contribution in [0.1, 0.15) is 18.5 Å². The summed E-state index contributed by atoms with van der Waals surface area (Å²) in [5.74, 6) is 0. The van der Waals surface area contributed by atoms with E-state index in [-0.39, 0.29) is 5.54 Å². The molecule has 1 aromatic carbocycles. The zero-order valence-corrected chi connectivity index (χ0v) is 9.14. The number of nitrogens with one attached hydrogen (secondary N) is 1. The minimum atomic E-state index is 0.0602. The van der Waals surface area contributed by atoms with Crippen molar-refractivity contribution in [1.82, 2.24) is 4.98 Å². The molecule has 3 N–H and O–H groups in total. The van der Waals surface area contributed by atoms with Crippen LogP contribution in [-0.2, 0) is 6.42 Å². The smallest absolute Gasteiger partial charge is 0.0457 e. The maximum Gasteiger partial charge on any atom is 0.0457 e. The van der Waals surface area contributed by atoms with Gasteiger partial charge < -0.3 is 10.7 Å². The Balaban J connectivity index is 1.99. The quantitative estimate of drug-likeness (QED) is 0.803. The molecule has 3 heteroatoms. The van der Waals surface area contributed by atoms with Gasteiger partial charge in [-0.05, 0) is 37.1 Å². The summed E-state index contributed by atoms with van der Waals surface area (Å²) in [7, 11) is 0. The van der Waals surface area contributed by atoms with E-state index < -0.39 is 0 Å². The van der Waals surface area contributed by atoms with E-state index in [1.807, 2.05) is 18.2 Å². The first-order valence-electron chi connectivity index (χ1n) is 5.21. The van der Waals surface area contributed by atoms with Crippen molar-refractivity contribution in [2.75, 3.05) is 0 Å². The second kappa shape index (κ2) is 3.00. The lowest BCUT2D eigenvalue weighted by Gasteiger charge is -2.04. The van der Waals surface area contributed by atoms with Gasteiger partial charge in [-0.1, -0.05) is 11.6 Å². The average molecular weight is 221 g/mol. The SMILES string of the molecule is NC1(Cc2cc3cc(Cl)ccc3[nH]2)CC1. The molecule has 3 rings (SSSR count). The normalized spacial score (nSPS) is 18.3. The Morgan fingerprint density at radius 1 is 1.33 bits per heavy atom. The van der Waals surface area contributed by atoms with E-state index in [0.29, 0.717) is 0 Å². The van der Waals surface area contributed by atoms with E-state index in [2.05, 4.69) is 11.1 Å². The number of fused-ring (bicyclic) bond motifs is 1. The summed E-state index contributed by atoms with van der Waals surface area (Å²) < 4.78 is 0. The number of H-pyrrole nitrogens is 1. The highest BCUT2D eigenvalue weighted by Crippen LogP contribution is 2.36. The van der Waals surface area contributed by atoms with Crippen molar-refractivity contribution in [2.45, 2.75) is 24.8 Å². The predicted molar refractivity (Wildman–Crippen MR) is 63.2 cm³/mol. The molecule has 1 saturated carbocycles. The third-order valence-electron chi connectivity index (χ3n) is 3.07. The Hall–Kier alpha value is -0.990. The molecule has 1 heterocycles. The number of rotatable bonds is 2. The van der Waals surface area contributed by atoms with E-state index in [4.69, 9.17) is 17.3 Å². The molecule has 0 amide bonds. The van der Waals surface area contributed by atoms with Crippen molar-refractivity contribution in [3.8, 4) is 0 Å². The maximum absolute atomic E-state index is 6.08.